The van der Waals surface area contributed by atoms with E-state index in [1.165, 1.54) is 12.3 Å². The molecule has 4 aliphatic carbocycles. The van der Waals surface area contributed by atoms with E-state index in [2.05, 4.69) is 0 Å². The lowest BCUT2D eigenvalue weighted by Crippen LogP contribution is -2.73. The predicted molar refractivity (Wildman–Crippen MR) is 110 cm³/mol. The van der Waals surface area contributed by atoms with Crippen LogP contribution in [-0.2, 0) is 4.79 Å². The van der Waals surface area contributed by atoms with E-state index in [1.54, 1.807) is 13.0 Å². The Labute approximate surface area is 181 Å². The summed E-state index contributed by atoms with van der Waals surface area (Å²) in [5, 5.41) is 45.2. The van der Waals surface area contributed by atoms with Gasteiger partial charge in [-0.3, -0.25) is 4.79 Å². The summed E-state index contributed by atoms with van der Waals surface area (Å²) in [7, 11) is 0. The van der Waals surface area contributed by atoms with E-state index in [0.29, 0.717) is 44.1 Å². The average molecular weight is 433 g/mol. The van der Waals surface area contributed by atoms with E-state index in [-0.39, 0.29) is 24.0 Å². The molecule has 31 heavy (non-hydrogen) atoms. The van der Waals surface area contributed by atoms with E-state index in [0.717, 1.165) is 0 Å². The quantitative estimate of drug-likeness (QED) is 0.529. The van der Waals surface area contributed by atoms with Crippen LogP contribution < -0.4 is 5.63 Å². The van der Waals surface area contributed by atoms with Gasteiger partial charge in [0.25, 0.3) is 0 Å². The number of hydrogen-bond acceptors (Lipinski definition) is 7. The summed E-state index contributed by atoms with van der Waals surface area (Å²) in [5.41, 5.74) is -4.17. The molecule has 0 amide bonds. The summed E-state index contributed by atoms with van der Waals surface area (Å²) in [6.07, 6.45) is 2.42. The molecule has 0 saturated heterocycles. The molecule has 1 aromatic rings. The number of hydrogen-bond donors (Lipinski definition) is 4. The maximum atomic E-state index is 13.8. The van der Waals surface area contributed by atoms with Gasteiger partial charge in [0.05, 0.1) is 23.6 Å². The first-order valence-electron chi connectivity index (χ1n) is 11.4. The van der Waals surface area contributed by atoms with Crippen LogP contribution in [0.5, 0.6) is 0 Å². The van der Waals surface area contributed by atoms with Crippen LogP contribution in [0.25, 0.3) is 0 Å². The zero-order valence-corrected chi connectivity index (χ0v) is 18.1. The lowest BCUT2D eigenvalue weighted by Gasteiger charge is -2.65. The number of carbonyl (C=O) groups is 1. The fourth-order valence-electron chi connectivity index (χ4n) is 8.08. The molecule has 7 heteroatoms. The van der Waals surface area contributed by atoms with Crippen molar-refractivity contribution >= 4 is 5.78 Å². The summed E-state index contributed by atoms with van der Waals surface area (Å²) < 4.78 is 5.05. The van der Waals surface area contributed by atoms with Gasteiger partial charge in [-0.2, -0.15) is 0 Å². The van der Waals surface area contributed by atoms with E-state index in [1.807, 2.05) is 6.92 Å². The van der Waals surface area contributed by atoms with Crippen molar-refractivity contribution in [1.82, 2.24) is 0 Å². The number of rotatable bonds is 1. The molecule has 5 rings (SSSR count). The van der Waals surface area contributed by atoms with E-state index in [4.69, 9.17) is 4.42 Å². The van der Waals surface area contributed by atoms with Gasteiger partial charge in [-0.05, 0) is 62.0 Å². The van der Waals surface area contributed by atoms with Crippen molar-refractivity contribution in [3.05, 3.63) is 34.4 Å². The van der Waals surface area contributed by atoms with Crippen molar-refractivity contribution in [2.45, 2.75) is 88.1 Å². The zero-order valence-electron chi connectivity index (χ0n) is 18.1. The second-order valence-electron chi connectivity index (χ2n) is 11.0. The molecule has 0 radical (unpaired) electrons. The molecular formula is C24H32O7. The molecule has 170 valence electrons. The van der Waals surface area contributed by atoms with Gasteiger partial charge in [0.1, 0.15) is 6.10 Å². The summed E-state index contributed by atoms with van der Waals surface area (Å²) in [4.78, 5) is 25.2. The molecule has 1 aromatic heterocycles. The first-order valence-corrected chi connectivity index (χ1v) is 11.4. The van der Waals surface area contributed by atoms with Crippen LogP contribution in [0.2, 0.25) is 0 Å². The summed E-state index contributed by atoms with van der Waals surface area (Å²) >= 11 is 0. The molecule has 2 unspecified atom stereocenters. The van der Waals surface area contributed by atoms with Crippen LogP contribution in [0, 0.1) is 22.7 Å². The molecule has 9 atom stereocenters. The lowest BCUT2D eigenvalue weighted by atomic mass is 9.41. The van der Waals surface area contributed by atoms with Gasteiger partial charge in [0, 0.05) is 29.2 Å². The highest BCUT2D eigenvalue weighted by atomic mass is 16.4. The maximum absolute atomic E-state index is 13.8. The molecule has 0 bridgehead atoms. The Hall–Kier alpha value is -1.54. The molecule has 0 spiro atoms. The average Bonchev–Trinajstić information content (AvgIpc) is 3.00. The number of fused-ring (bicyclic) bond motifs is 5. The molecule has 0 aliphatic heterocycles. The van der Waals surface area contributed by atoms with Crippen LogP contribution in [0.1, 0.15) is 70.3 Å². The molecule has 4 fully saturated rings. The fraction of sp³-hybridized carbons (Fsp3) is 0.750. The van der Waals surface area contributed by atoms with Crippen molar-refractivity contribution in [1.29, 1.82) is 0 Å². The molecule has 0 aromatic carbocycles. The van der Waals surface area contributed by atoms with Gasteiger partial charge in [-0.1, -0.05) is 13.8 Å². The largest absolute Gasteiger partial charge is 0.431 e. The van der Waals surface area contributed by atoms with Crippen LogP contribution >= 0.6 is 0 Å². The lowest BCUT2D eigenvalue weighted by molar-refractivity contribution is -0.260. The zero-order chi connectivity index (χ0) is 22.4. The summed E-state index contributed by atoms with van der Waals surface area (Å²) in [6.45, 7) is 3.67. The van der Waals surface area contributed by atoms with E-state index < -0.39 is 45.8 Å². The smallest absolute Gasteiger partial charge is 0.335 e. The topological polar surface area (TPSA) is 128 Å². The number of Topliss-reactive ketones (excluding diaryl/α,β-unsaturated/α-hetero) is 1. The number of aliphatic hydroxyl groups is 4. The van der Waals surface area contributed by atoms with Crippen molar-refractivity contribution in [2.24, 2.45) is 22.7 Å². The monoisotopic (exact) mass is 432 g/mol. The number of ketones is 1. The SMILES string of the molecule is C[C@]12[C@H](O)C(=O)C3C(CC[C@]4(O)C[C@@H](O)CC[C@]34C)[C@@]1(O)CC[C@@H]2c1ccc(=O)oc1. The third-order valence-electron chi connectivity index (χ3n) is 9.94. The molecule has 4 aliphatic rings. The fourth-order valence-corrected chi connectivity index (χ4v) is 8.08. The van der Waals surface area contributed by atoms with E-state index in [9.17, 15) is 30.0 Å². The van der Waals surface area contributed by atoms with Gasteiger partial charge in [0.15, 0.2) is 5.78 Å². The summed E-state index contributed by atoms with van der Waals surface area (Å²) in [6, 6.07) is 2.98. The Morgan fingerprint density at radius 2 is 1.74 bits per heavy atom. The highest BCUT2D eigenvalue weighted by Crippen LogP contribution is 2.70. The highest BCUT2D eigenvalue weighted by molar-refractivity contribution is 5.89. The van der Waals surface area contributed by atoms with Crippen LogP contribution in [0.4, 0.5) is 0 Å². The van der Waals surface area contributed by atoms with Crippen LogP contribution in [0.15, 0.2) is 27.6 Å². The maximum Gasteiger partial charge on any atom is 0.335 e. The minimum absolute atomic E-state index is 0.220. The second-order valence-corrected chi connectivity index (χ2v) is 11.0. The normalized spacial score (nSPS) is 51.7. The van der Waals surface area contributed by atoms with Crippen LogP contribution in [0.3, 0.4) is 0 Å². The van der Waals surface area contributed by atoms with Crippen molar-refractivity contribution in [2.75, 3.05) is 0 Å². The van der Waals surface area contributed by atoms with Gasteiger partial charge in [-0.25, -0.2) is 4.79 Å². The third kappa shape index (κ3) is 2.49. The second kappa shape index (κ2) is 6.50. The summed E-state index contributed by atoms with van der Waals surface area (Å²) in [5.74, 6) is -1.70. The molecule has 1 heterocycles. The molecular weight excluding hydrogens is 400 g/mol. The minimum atomic E-state index is -1.40. The van der Waals surface area contributed by atoms with Crippen molar-refractivity contribution in [3.8, 4) is 0 Å². The first-order chi connectivity index (χ1) is 14.5. The Kier molecular flexibility index (Phi) is 4.47. The van der Waals surface area contributed by atoms with Crippen LogP contribution in [-0.4, -0.2) is 49.6 Å². The van der Waals surface area contributed by atoms with Gasteiger partial charge in [-0.15, -0.1) is 0 Å². The number of carbonyl (C=O) groups excluding carboxylic acids is 1. The highest BCUT2D eigenvalue weighted by Gasteiger charge is 2.75. The predicted octanol–water partition coefficient (Wildman–Crippen LogP) is 1.51. The molecule has 4 N–H and O–H groups in total. The number of aliphatic hydroxyl groups excluding tert-OH is 2. The van der Waals surface area contributed by atoms with Gasteiger partial charge in [0.2, 0.25) is 0 Å². The first kappa shape index (κ1) is 21.3. The Morgan fingerprint density at radius 3 is 2.42 bits per heavy atom. The Morgan fingerprint density at radius 1 is 1.00 bits per heavy atom. The van der Waals surface area contributed by atoms with Gasteiger partial charge < -0.3 is 24.8 Å². The van der Waals surface area contributed by atoms with Crippen molar-refractivity contribution < 1.29 is 29.6 Å². The Balaban J connectivity index is 1.60. The standard InChI is InChI=1S/C24H32O7/c1-21-8-5-14(25)11-23(21,29)9-6-16-18(21)19(27)20(28)22(2)15(7-10-24(16,22)30)13-3-4-17(26)31-12-13/h3-4,12,14-16,18,20,25,28-30H,5-11H2,1-2H3/t14-,15+,16?,18?,20+,21+,22-,23-,24-/m0/s1. The third-order valence-corrected chi connectivity index (χ3v) is 9.94. The van der Waals surface area contributed by atoms with Gasteiger partial charge >= 0.3 is 5.63 Å². The molecule has 4 saturated carbocycles. The Bertz CT molecular complexity index is 952. The van der Waals surface area contributed by atoms with E-state index >= 15 is 0 Å². The minimum Gasteiger partial charge on any atom is -0.431 e. The molecule has 7 nitrogen and oxygen atoms in total. The van der Waals surface area contributed by atoms with Crippen molar-refractivity contribution in [3.63, 3.8) is 0 Å².